The molecule has 0 amide bonds. The second-order valence-corrected chi connectivity index (χ2v) is 18.8. The van der Waals surface area contributed by atoms with Crippen molar-refractivity contribution in [2.45, 2.75) is 13.8 Å². The highest BCUT2D eigenvalue weighted by Crippen LogP contribution is 2.42. The van der Waals surface area contributed by atoms with Crippen LogP contribution in [0, 0.1) is 13.8 Å². The third-order valence-electron chi connectivity index (χ3n) is 13.9. The molecule has 0 saturated heterocycles. The zero-order valence-corrected chi connectivity index (χ0v) is 40.5. The van der Waals surface area contributed by atoms with Crippen molar-refractivity contribution in [1.29, 1.82) is 0 Å². The molecule has 0 spiro atoms. The minimum atomic E-state index is 1.08. The molecule has 0 atom stereocenters. The molecule has 0 fully saturated rings. The van der Waals surface area contributed by atoms with Crippen LogP contribution in [0.5, 0.6) is 0 Å². The minimum Gasteiger partial charge on any atom is -0.311 e. The van der Waals surface area contributed by atoms with Crippen molar-refractivity contribution < 1.29 is 0 Å². The lowest BCUT2D eigenvalue weighted by Crippen LogP contribution is -2.10. The smallest absolute Gasteiger partial charge is 0.0462 e. The Morgan fingerprint density at radius 2 is 0.500 bits per heavy atom. The van der Waals surface area contributed by atoms with Crippen molar-refractivity contribution in [3.05, 3.63) is 290 Å². The summed E-state index contributed by atoms with van der Waals surface area (Å²) in [6.07, 6.45) is 0. The molecule has 0 aliphatic heterocycles. The molecule has 0 N–H and O–H groups in total. The van der Waals surface area contributed by atoms with E-state index in [0.29, 0.717) is 0 Å². The highest BCUT2D eigenvalue weighted by Gasteiger charge is 2.17. The lowest BCUT2D eigenvalue weighted by atomic mass is 9.93. The fourth-order valence-electron chi connectivity index (χ4n) is 10.4. The highest BCUT2D eigenvalue weighted by molar-refractivity contribution is 6.13. The molecule has 2 nitrogen and oxygen atoms in total. The van der Waals surface area contributed by atoms with Gasteiger partial charge in [-0.15, -0.1) is 0 Å². The van der Waals surface area contributed by atoms with E-state index in [4.69, 9.17) is 0 Å². The largest absolute Gasteiger partial charge is 0.311 e. The third kappa shape index (κ3) is 8.83. The summed E-state index contributed by atoms with van der Waals surface area (Å²) < 4.78 is 0. The van der Waals surface area contributed by atoms with Gasteiger partial charge >= 0.3 is 0 Å². The summed E-state index contributed by atoms with van der Waals surface area (Å²) in [5, 5.41) is 5.05. The van der Waals surface area contributed by atoms with Crippen LogP contribution >= 0.6 is 0 Å². The lowest BCUT2D eigenvalue weighted by molar-refractivity contribution is 1.28. The molecule has 0 unspecified atom stereocenters. The molecule has 0 aliphatic carbocycles. The predicted octanol–water partition coefficient (Wildman–Crippen LogP) is 19.9. The van der Waals surface area contributed by atoms with Crippen LogP contribution < -0.4 is 9.80 Å². The van der Waals surface area contributed by atoms with Gasteiger partial charge in [0.15, 0.2) is 0 Å². The van der Waals surface area contributed by atoms with Gasteiger partial charge in [0, 0.05) is 34.1 Å². The molecule has 342 valence electrons. The number of nitrogens with zero attached hydrogens (tertiary/aromatic N) is 2. The molecule has 0 aliphatic rings. The van der Waals surface area contributed by atoms with Gasteiger partial charge in [-0.1, -0.05) is 211 Å². The van der Waals surface area contributed by atoms with E-state index < -0.39 is 0 Å². The van der Waals surface area contributed by atoms with Crippen LogP contribution in [0.15, 0.2) is 279 Å². The van der Waals surface area contributed by atoms with E-state index in [9.17, 15) is 0 Å². The first-order valence-corrected chi connectivity index (χ1v) is 24.8. The van der Waals surface area contributed by atoms with Crippen LogP contribution in [0.1, 0.15) is 11.1 Å². The second kappa shape index (κ2) is 19.3. The Kier molecular flexibility index (Phi) is 11.8. The standard InChI is InChI=1S/C70H52N2/c1-49-45-50(2)47-60(46-49)57-29-41-65(42-30-57)71(61-33-21-53(22-34-61)51-13-5-3-6-14-51)63-37-25-55(26-38-63)56-27-39-64(40-28-56)72(62-35-23-54(24-36-62)52-15-7-4-8-16-52)66-43-31-58(32-44-66)70-48-59-17-9-10-18-67(59)68-19-11-12-20-69(68)70/h3-48H,1-2H3. The van der Waals surface area contributed by atoms with Crippen LogP contribution in [0.4, 0.5) is 34.1 Å². The van der Waals surface area contributed by atoms with E-state index in [1.165, 1.54) is 77.2 Å². The van der Waals surface area contributed by atoms with Crippen LogP contribution in [0.2, 0.25) is 0 Å². The van der Waals surface area contributed by atoms with Crippen molar-refractivity contribution in [2.75, 3.05) is 9.80 Å². The fraction of sp³-hybridized carbons (Fsp3) is 0.0286. The Morgan fingerprint density at radius 1 is 0.208 bits per heavy atom. The van der Waals surface area contributed by atoms with Gasteiger partial charge < -0.3 is 9.80 Å². The van der Waals surface area contributed by atoms with E-state index in [0.717, 1.165) is 45.3 Å². The molecule has 0 heterocycles. The van der Waals surface area contributed by atoms with Gasteiger partial charge in [-0.25, -0.2) is 0 Å². The molecule has 72 heavy (non-hydrogen) atoms. The average molecular weight is 921 g/mol. The zero-order valence-electron chi connectivity index (χ0n) is 40.5. The number of rotatable bonds is 11. The highest BCUT2D eigenvalue weighted by atomic mass is 15.1. The maximum absolute atomic E-state index is 2.36. The topological polar surface area (TPSA) is 6.48 Å². The Hall–Kier alpha value is -9.24. The minimum absolute atomic E-state index is 1.08. The van der Waals surface area contributed by atoms with E-state index in [1.807, 2.05) is 0 Å². The van der Waals surface area contributed by atoms with E-state index >= 15 is 0 Å². The van der Waals surface area contributed by atoms with E-state index in [1.54, 1.807) is 0 Å². The molecule has 12 aromatic rings. The fourth-order valence-corrected chi connectivity index (χ4v) is 10.4. The quantitative estimate of drug-likeness (QED) is 0.119. The van der Waals surface area contributed by atoms with Crippen molar-refractivity contribution in [1.82, 2.24) is 0 Å². The van der Waals surface area contributed by atoms with Gasteiger partial charge in [0.1, 0.15) is 0 Å². The van der Waals surface area contributed by atoms with E-state index in [2.05, 4.69) is 303 Å². The lowest BCUT2D eigenvalue weighted by Gasteiger charge is -2.27. The Bertz CT molecular complexity index is 3790. The summed E-state index contributed by atoms with van der Waals surface area (Å²) in [6.45, 7) is 4.33. The number of hydrogen-bond donors (Lipinski definition) is 0. The van der Waals surface area contributed by atoms with Gasteiger partial charge in [-0.2, -0.15) is 0 Å². The maximum Gasteiger partial charge on any atom is 0.0462 e. The first kappa shape index (κ1) is 44.0. The first-order chi connectivity index (χ1) is 35.5. The average Bonchev–Trinajstić information content (AvgIpc) is 3.44. The maximum atomic E-state index is 2.36. The molecule has 0 saturated carbocycles. The molecular formula is C70H52N2. The predicted molar refractivity (Wildman–Crippen MR) is 307 cm³/mol. The van der Waals surface area contributed by atoms with Gasteiger partial charge in [0.2, 0.25) is 0 Å². The van der Waals surface area contributed by atoms with Gasteiger partial charge in [0.25, 0.3) is 0 Å². The molecule has 12 aromatic carbocycles. The Labute approximate surface area is 423 Å². The zero-order chi connectivity index (χ0) is 48.4. The molecule has 0 aromatic heterocycles. The van der Waals surface area contributed by atoms with Crippen molar-refractivity contribution in [3.8, 4) is 55.6 Å². The number of fused-ring (bicyclic) bond motifs is 3. The summed E-state index contributed by atoms with van der Waals surface area (Å²) >= 11 is 0. The molecular weight excluding hydrogens is 869 g/mol. The summed E-state index contributed by atoms with van der Waals surface area (Å²) in [5.41, 5.74) is 21.1. The van der Waals surface area contributed by atoms with Crippen molar-refractivity contribution in [3.63, 3.8) is 0 Å². The number of anilines is 6. The van der Waals surface area contributed by atoms with E-state index in [-0.39, 0.29) is 0 Å². The number of aryl methyl sites for hydroxylation is 2. The summed E-state index contributed by atoms with van der Waals surface area (Å²) in [6, 6.07) is 102. The Balaban J connectivity index is 0.873. The van der Waals surface area contributed by atoms with Crippen LogP contribution in [-0.2, 0) is 0 Å². The van der Waals surface area contributed by atoms with Crippen molar-refractivity contribution in [2.24, 2.45) is 0 Å². The van der Waals surface area contributed by atoms with Crippen LogP contribution in [0.3, 0.4) is 0 Å². The second-order valence-electron chi connectivity index (χ2n) is 18.8. The molecule has 2 heteroatoms. The van der Waals surface area contributed by atoms with Gasteiger partial charge in [-0.05, 0) is 170 Å². The van der Waals surface area contributed by atoms with Crippen molar-refractivity contribution >= 4 is 55.7 Å². The number of benzene rings is 12. The summed E-state index contributed by atoms with van der Waals surface area (Å²) in [7, 11) is 0. The first-order valence-electron chi connectivity index (χ1n) is 24.8. The summed E-state index contributed by atoms with van der Waals surface area (Å²) in [5.74, 6) is 0. The van der Waals surface area contributed by atoms with Gasteiger partial charge in [0.05, 0.1) is 0 Å². The normalized spacial score (nSPS) is 11.2. The molecule has 0 bridgehead atoms. The molecule has 12 rings (SSSR count). The monoisotopic (exact) mass is 920 g/mol. The SMILES string of the molecule is Cc1cc(C)cc(-c2ccc(N(c3ccc(-c4ccccc4)cc3)c3ccc(-c4ccc(N(c5ccc(-c6ccccc6)cc5)c5ccc(-c6cc7ccccc7c7ccccc67)cc5)cc4)cc3)cc2)c1. The molecule has 0 radical (unpaired) electrons. The van der Waals surface area contributed by atoms with Gasteiger partial charge in [-0.3, -0.25) is 0 Å². The summed E-state index contributed by atoms with van der Waals surface area (Å²) in [4.78, 5) is 4.71. The third-order valence-corrected chi connectivity index (χ3v) is 13.9. The number of hydrogen-bond acceptors (Lipinski definition) is 2. The van der Waals surface area contributed by atoms with Crippen LogP contribution in [0.25, 0.3) is 77.2 Å². The Morgan fingerprint density at radius 3 is 0.889 bits per heavy atom. The van der Waals surface area contributed by atoms with Crippen LogP contribution in [-0.4, -0.2) is 0 Å².